The van der Waals surface area contributed by atoms with Crippen LogP contribution in [0.4, 0.5) is 0 Å². The lowest BCUT2D eigenvalue weighted by Crippen LogP contribution is -2.45. The van der Waals surface area contributed by atoms with Crippen LogP contribution < -0.4 is 14.9 Å². The molecule has 0 atom stereocenters. The fraction of sp³-hybridized carbons (Fsp3) is 0.150. The number of thiocarbonyl (C=S) groups is 1. The largest absolute Gasteiger partial charge is 0.493 e. The van der Waals surface area contributed by atoms with Gasteiger partial charge in [-0.15, -0.1) is 0 Å². The van der Waals surface area contributed by atoms with E-state index in [0.29, 0.717) is 27.5 Å². The maximum absolute atomic E-state index is 12.8. The summed E-state index contributed by atoms with van der Waals surface area (Å²) in [7, 11) is 3.07. The predicted octanol–water partition coefficient (Wildman–Crippen LogP) is 3.56. The molecule has 0 spiro atoms. The van der Waals surface area contributed by atoms with Crippen LogP contribution in [0.25, 0.3) is 6.08 Å². The third kappa shape index (κ3) is 3.88. The number of hydrazine groups is 1. The molecule has 0 aliphatic carbocycles. The highest BCUT2D eigenvalue weighted by Crippen LogP contribution is 2.36. The molecule has 1 fully saturated rings. The van der Waals surface area contributed by atoms with Crippen LogP contribution in [0.15, 0.2) is 47.4 Å². The maximum Gasteiger partial charge on any atom is 0.285 e. The van der Waals surface area contributed by atoms with Crippen molar-refractivity contribution in [2.24, 2.45) is 0 Å². The van der Waals surface area contributed by atoms with Gasteiger partial charge in [-0.1, -0.05) is 42.1 Å². The minimum absolute atomic E-state index is 0.250. The Hall–Kier alpha value is -2.84. The van der Waals surface area contributed by atoms with Gasteiger partial charge in [0.1, 0.15) is 0 Å². The van der Waals surface area contributed by atoms with Crippen LogP contribution in [0.3, 0.4) is 0 Å². The van der Waals surface area contributed by atoms with E-state index >= 15 is 0 Å². The standard InChI is InChI=1S/C20H18N2O4S2/c1-12-7-4-5-9-14(12)18(23)21-22-19(24)16(28-20(22)27)11-13-8-6-10-15(25-2)17(13)26-3/h4-11H,1-3H3,(H,21,23). The average molecular weight is 415 g/mol. The average Bonchev–Trinajstić information content (AvgIpc) is 2.95. The van der Waals surface area contributed by atoms with Gasteiger partial charge in [0, 0.05) is 11.1 Å². The molecule has 1 N–H and O–H groups in total. The first-order valence-corrected chi connectivity index (χ1v) is 9.54. The minimum Gasteiger partial charge on any atom is -0.493 e. The number of amides is 2. The molecule has 1 aliphatic heterocycles. The van der Waals surface area contributed by atoms with E-state index in [1.807, 2.05) is 19.1 Å². The van der Waals surface area contributed by atoms with Crippen LogP contribution in [-0.4, -0.2) is 35.4 Å². The van der Waals surface area contributed by atoms with Gasteiger partial charge < -0.3 is 9.47 Å². The van der Waals surface area contributed by atoms with Crippen LogP contribution >= 0.6 is 24.0 Å². The Morgan fingerprint density at radius 1 is 1.14 bits per heavy atom. The molecule has 8 heteroatoms. The van der Waals surface area contributed by atoms with Gasteiger partial charge in [0.2, 0.25) is 0 Å². The van der Waals surface area contributed by atoms with Crippen molar-refractivity contribution in [1.82, 2.24) is 10.4 Å². The number of thioether (sulfide) groups is 1. The predicted molar refractivity (Wildman–Crippen MR) is 113 cm³/mol. The fourth-order valence-electron chi connectivity index (χ4n) is 2.72. The maximum atomic E-state index is 12.8. The molecule has 2 aromatic rings. The number of ether oxygens (including phenoxy) is 2. The van der Waals surface area contributed by atoms with Gasteiger partial charge in [0.15, 0.2) is 15.8 Å². The molecule has 2 amide bonds. The Bertz CT molecular complexity index is 988. The van der Waals surface area contributed by atoms with E-state index in [-0.39, 0.29) is 4.32 Å². The van der Waals surface area contributed by atoms with Crippen molar-refractivity contribution in [3.05, 3.63) is 64.1 Å². The Morgan fingerprint density at radius 2 is 1.89 bits per heavy atom. The van der Waals surface area contributed by atoms with E-state index < -0.39 is 11.8 Å². The fourth-order valence-corrected chi connectivity index (χ4v) is 3.89. The summed E-state index contributed by atoms with van der Waals surface area (Å²) < 4.78 is 10.9. The number of para-hydroxylation sites is 1. The summed E-state index contributed by atoms with van der Waals surface area (Å²) in [4.78, 5) is 25.7. The van der Waals surface area contributed by atoms with Crippen LogP contribution in [0.5, 0.6) is 11.5 Å². The smallest absolute Gasteiger partial charge is 0.285 e. The number of aryl methyl sites for hydroxylation is 1. The topological polar surface area (TPSA) is 67.9 Å². The Kier molecular flexibility index (Phi) is 6.01. The first-order valence-electron chi connectivity index (χ1n) is 8.31. The number of hydrogen-bond acceptors (Lipinski definition) is 6. The Morgan fingerprint density at radius 3 is 2.57 bits per heavy atom. The highest BCUT2D eigenvalue weighted by molar-refractivity contribution is 8.26. The van der Waals surface area contributed by atoms with Crippen molar-refractivity contribution in [1.29, 1.82) is 0 Å². The zero-order valence-electron chi connectivity index (χ0n) is 15.5. The highest BCUT2D eigenvalue weighted by atomic mass is 32.2. The number of nitrogens with zero attached hydrogens (tertiary/aromatic N) is 1. The summed E-state index contributed by atoms with van der Waals surface area (Å²) in [6.45, 7) is 1.83. The minimum atomic E-state index is -0.401. The number of methoxy groups -OCH3 is 2. The molecule has 0 radical (unpaired) electrons. The van der Waals surface area contributed by atoms with Gasteiger partial charge in [-0.25, -0.2) is 0 Å². The van der Waals surface area contributed by atoms with Crippen LogP contribution in [0, 0.1) is 6.92 Å². The second-order valence-electron chi connectivity index (χ2n) is 5.86. The van der Waals surface area contributed by atoms with Crippen molar-refractivity contribution >= 4 is 46.2 Å². The van der Waals surface area contributed by atoms with Gasteiger partial charge in [-0.2, -0.15) is 5.01 Å². The molecule has 144 valence electrons. The monoisotopic (exact) mass is 414 g/mol. The lowest BCUT2D eigenvalue weighted by Gasteiger charge is -2.16. The second kappa shape index (κ2) is 8.45. The molecule has 2 aromatic carbocycles. The van der Waals surface area contributed by atoms with Crippen molar-refractivity contribution < 1.29 is 19.1 Å². The molecule has 0 bridgehead atoms. The third-order valence-electron chi connectivity index (χ3n) is 4.12. The molecule has 1 saturated heterocycles. The summed E-state index contributed by atoms with van der Waals surface area (Å²) in [5, 5.41) is 1.09. The summed E-state index contributed by atoms with van der Waals surface area (Å²) >= 11 is 6.39. The van der Waals surface area contributed by atoms with Gasteiger partial charge in [0.05, 0.1) is 19.1 Å². The van der Waals surface area contributed by atoms with Crippen molar-refractivity contribution in [2.45, 2.75) is 6.92 Å². The number of carbonyl (C=O) groups is 2. The van der Waals surface area contributed by atoms with Crippen LogP contribution in [0.2, 0.25) is 0 Å². The number of carbonyl (C=O) groups excluding carboxylic acids is 2. The van der Waals surface area contributed by atoms with E-state index in [0.717, 1.165) is 22.3 Å². The van der Waals surface area contributed by atoms with E-state index in [1.165, 1.54) is 7.11 Å². The SMILES string of the molecule is COc1cccc(C=C2SC(=S)N(NC(=O)c3ccccc3C)C2=O)c1OC. The van der Waals surface area contributed by atoms with E-state index in [2.05, 4.69) is 5.43 Å². The summed E-state index contributed by atoms with van der Waals surface area (Å²) in [6.07, 6.45) is 1.67. The lowest BCUT2D eigenvalue weighted by atomic mass is 10.1. The number of benzene rings is 2. The Balaban J connectivity index is 1.85. The van der Waals surface area contributed by atoms with Gasteiger partial charge in [-0.05, 0) is 42.9 Å². The first kappa shape index (κ1) is 19.9. The van der Waals surface area contributed by atoms with Gasteiger partial charge >= 0.3 is 0 Å². The third-order valence-corrected chi connectivity index (χ3v) is 5.42. The molecule has 1 aliphatic rings. The zero-order valence-corrected chi connectivity index (χ0v) is 17.1. The normalized spacial score (nSPS) is 15.1. The van der Waals surface area contributed by atoms with E-state index in [4.69, 9.17) is 21.7 Å². The molecule has 0 aromatic heterocycles. The van der Waals surface area contributed by atoms with Crippen LogP contribution in [0.1, 0.15) is 21.5 Å². The molecule has 6 nitrogen and oxygen atoms in total. The zero-order chi connectivity index (χ0) is 20.3. The number of hydrogen-bond donors (Lipinski definition) is 1. The van der Waals surface area contributed by atoms with Crippen molar-refractivity contribution in [2.75, 3.05) is 14.2 Å². The molecular weight excluding hydrogens is 396 g/mol. The number of rotatable bonds is 5. The van der Waals surface area contributed by atoms with Crippen LogP contribution in [-0.2, 0) is 4.79 Å². The van der Waals surface area contributed by atoms with E-state index in [9.17, 15) is 9.59 Å². The molecule has 0 saturated carbocycles. The quantitative estimate of drug-likeness (QED) is 0.596. The van der Waals surface area contributed by atoms with Gasteiger partial charge in [0.25, 0.3) is 11.8 Å². The summed E-state index contributed by atoms with van der Waals surface area (Å²) in [5.41, 5.74) is 4.55. The Labute approximate surface area is 172 Å². The first-order chi connectivity index (χ1) is 13.5. The second-order valence-corrected chi connectivity index (χ2v) is 7.53. The van der Waals surface area contributed by atoms with Crippen molar-refractivity contribution in [3.63, 3.8) is 0 Å². The lowest BCUT2D eigenvalue weighted by molar-refractivity contribution is -0.123. The summed E-state index contributed by atoms with van der Waals surface area (Å²) in [5.74, 6) is 0.273. The number of nitrogens with one attached hydrogen (secondary N) is 1. The highest BCUT2D eigenvalue weighted by Gasteiger charge is 2.34. The van der Waals surface area contributed by atoms with Gasteiger partial charge in [-0.3, -0.25) is 15.0 Å². The molecule has 1 heterocycles. The van der Waals surface area contributed by atoms with Crippen molar-refractivity contribution in [3.8, 4) is 11.5 Å². The molecule has 3 rings (SSSR count). The molecule has 0 unspecified atom stereocenters. The molecule has 28 heavy (non-hydrogen) atoms. The van der Waals surface area contributed by atoms with E-state index in [1.54, 1.807) is 43.5 Å². The summed E-state index contributed by atoms with van der Waals surface area (Å²) in [6, 6.07) is 12.5. The molecular formula is C20H18N2O4S2.